The van der Waals surface area contributed by atoms with E-state index >= 15 is 0 Å². The van der Waals surface area contributed by atoms with Gasteiger partial charge in [0, 0.05) is 18.4 Å². The fourth-order valence-corrected chi connectivity index (χ4v) is 12.8. The Bertz CT molecular complexity index is 1730. The largest absolute Gasteiger partial charge is 0.480 e. The van der Waals surface area contributed by atoms with E-state index in [-0.39, 0.29) is 68.5 Å². The molecule has 10 heteroatoms. The third kappa shape index (κ3) is 6.57. The fourth-order valence-electron chi connectivity index (χ4n) is 12.8. The predicted octanol–water partition coefficient (Wildman–Crippen LogP) is 7.81. The van der Waals surface area contributed by atoms with Crippen LogP contribution in [0.2, 0.25) is 0 Å². The Balaban J connectivity index is 1.22. The maximum absolute atomic E-state index is 14.3. The zero-order valence-electron chi connectivity index (χ0n) is 33.4. The molecule has 1 aromatic rings. The fraction of sp³-hybridized carbons (Fsp3) is 0.705. The summed E-state index contributed by atoms with van der Waals surface area (Å²) < 4.78 is 6.23. The van der Waals surface area contributed by atoms with Gasteiger partial charge in [-0.15, -0.1) is 0 Å². The number of nitrogens with one attached hydrogen (secondary N) is 2. The van der Waals surface area contributed by atoms with Crippen LogP contribution in [0.15, 0.2) is 35.9 Å². The van der Waals surface area contributed by atoms with Gasteiger partial charge in [-0.1, -0.05) is 72.2 Å². The van der Waals surface area contributed by atoms with Crippen LogP contribution in [0.5, 0.6) is 0 Å². The van der Waals surface area contributed by atoms with E-state index in [2.05, 4.69) is 65.2 Å². The molecule has 0 spiro atoms. The van der Waals surface area contributed by atoms with Crippen LogP contribution >= 0.6 is 0 Å². The molecular weight excluding hydrogens is 684 g/mol. The van der Waals surface area contributed by atoms with E-state index in [4.69, 9.17) is 9.84 Å². The molecule has 1 aromatic carbocycles. The van der Waals surface area contributed by atoms with Gasteiger partial charge in [-0.05, 0) is 122 Å². The minimum atomic E-state index is -1.14. The van der Waals surface area contributed by atoms with Crippen molar-refractivity contribution in [2.24, 2.45) is 50.2 Å². The van der Waals surface area contributed by atoms with Gasteiger partial charge in [-0.3, -0.25) is 14.4 Å². The normalized spacial score (nSPS) is 36.1. The van der Waals surface area contributed by atoms with E-state index in [0.29, 0.717) is 24.8 Å². The first-order valence-corrected chi connectivity index (χ1v) is 20.2. The van der Waals surface area contributed by atoms with Crippen molar-refractivity contribution >= 4 is 29.7 Å². The SMILES string of the molecule is CC1(C)CC[C@]2(C(=O)NCCCC(=O)NCC(=O)O)CC[C@]3(C)C(=CCC4[C@@]5(C)CC[C@H](OC(=O)c6ccccc6C(=O)O)C(C)(C)C5CC[C@]43C)C2C1. The molecule has 4 saturated carbocycles. The number of aliphatic carboxylic acids is 1. The number of carboxylic acid groups (broad SMARTS) is 2. The van der Waals surface area contributed by atoms with Crippen molar-refractivity contribution < 1.29 is 38.9 Å². The molecule has 6 rings (SSSR count). The number of carboxylic acids is 2. The summed E-state index contributed by atoms with van der Waals surface area (Å²) in [7, 11) is 0. The molecule has 4 N–H and O–H groups in total. The zero-order valence-corrected chi connectivity index (χ0v) is 33.4. The average Bonchev–Trinajstić information content (AvgIpc) is 3.10. The van der Waals surface area contributed by atoms with Crippen LogP contribution in [0.25, 0.3) is 0 Å². The Morgan fingerprint density at radius 3 is 2.19 bits per heavy atom. The highest BCUT2D eigenvalue weighted by molar-refractivity contribution is 6.02. The Hall–Kier alpha value is -3.69. The van der Waals surface area contributed by atoms with Crippen molar-refractivity contribution in [3.8, 4) is 0 Å². The second-order valence-corrected chi connectivity index (χ2v) is 19.5. The van der Waals surface area contributed by atoms with E-state index in [9.17, 15) is 29.1 Å². The van der Waals surface area contributed by atoms with Gasteiger partial charge in [-0.25, -0.2) is 9.59 Å². The molecule has 0 radical (unpaired) electrons. The molecule has 296 valence electrons. The van der Waals surface area contributed by atoms with E-state index in [0.717, 1.165) is 64.2 Å². The lowest BCUT2D eigenvalue weighted by atomic mass is 9.33. The Morgan fingerprint density at radius 1 is 0.815 bits per heavy atom. The van der Waals surface area contributed by atoms with Crippen LogP contribution in [0, 0.1) is 50.2 Å². The smallest absolute Gasteiger partial charge is 0.339 e. The summed E-state index contributed by atoms with van der Waals surface area (Å²) in [5.41, 5.74) is 0.817. The van der Waals surface area contributed by atoms with E-state index in [1.165, 1.54) is 17.7 Å². The van der Waals surface area contributed by atoms with Crippen LogP contribution in [0.4, 0.5) is 0 Å². The second-order valence-electron chi connectivity index (χ2n) is 19.5. The monoisotopic (exact) mass is 746 g/mol. The third-order valence-corrected chi connectivity index (χ3v) is 16.0. The van der Waals surface area contributed by atoms with Gasteiger partial charge in [0.2, 0.25) is 11.8 Å². The molecule has 4 fully saturated rings. The highest BCUT2D eigenvalue weighted by Crippen LogP contribution is 2.76. The minimum absolute atomic E-state index is 0.0118. The Morgan fingerprint density at radius 2 is 1.50 bits per heavy atom. The Kier molecular flexibility index (Phi) is 10.4. The van der Waals surface area contributed by atoms with Crippen molar-refractivity contribution in [3.63, 3.8) is 0 Å². The maximum atomic E-state index is 14.3. The number of carbonyl (C=O) groups is 5. The number of amides is 2. The molecule has 0 aliphatic heterocycles. The molecule has 10 nitrogen and oxygen atoms in total. The second kappa shape index (κ2) is 14.1. The number of benzene rings is 1. The van der Waals surface area contributed by atoms with Crippen LogP contribution in [0.3, 0.4) is 0 Å². The molecule has 2 amide bonds. The van der Waals surface area contributed by atoms with Crippen LogP contribution < -0.4 is 10.6 Å². The number of esters is 1. The molecule has 0 aromatic heterocycles. The van der Waals surface area contributed by atoms with Crippen molar-refractivity contribution in [1.29, 1.82) is 0 Å². The van der Waals surface area contributed by atoms with Gasteiger partial charge in [-0.2, -0.15) is 0 Å². The summed E-state index contributed by atoms with van der Waals surface area (Å²) in [6.07, 6.45) is 12.1. The molecule has 0 bridgehead atoms. The van der Waals surface area contributed by atoms with Gasteiger partial charge in [0.25, 0.3) is 0 Å². The van der Waals surface area contributed by atoms with Gasteiger partial charge in [0.1, 0.15) is 12.6 Å². The van der Waals surface area contributed by atoms with E-state index in [1.807, 2.05) is 0 Å². The van der Waals surface area contributed by atoms with Crippen molar-refractivity contribution in [2.45, 2.75) is 132 Å². The number of hydrogen-bond donors (Lipinski definition) is 4. The highest BCUT2D eigenvalue weighted by atomic mass is 16.5. The first-order chi connectivity index (χ1) is 25.2. The molecule has 5 aliphatic carbocycles. The number of allylic oxidation sites excluding steroid dienone is 2. The zero-order chi connectivity index (χ0) is 39.5. The number of aromatic carboxylic acids is 1. The molecule has 0 saturated heterocycles. The molecule has 54 heavy (non-hydrogen) atoms. The first-order valence-electron chi connectivity index (χ1n) is 20.2. The number of fused-ring (bicyclic) bond motifs is 7. The average molecular weight is 747 g/mol. The van der Waals surface area contributed by atoms with E-state index < -0.39 is 29.9 Å². The lowest BCUT2D eigenvalue weighted by molar-refractivity contribution is -0.204. The molecular formula is C44H62N2O8. The summed E-state index contributed by atoms with van der Waals surface area (Å²) in [5, 5.41) is 24.2. The first kappa shape index (κ1) is 40.0. The summed E-state index contributed by atoms with van der Waals surface area (Å²) in [4.78, 5) is 62.6. The predicted molar refractivity (Wildman–Crippen MR) is 205 cm³/mol. The molecule has 3 unspecified atom stereocenters. The standard InChI is InChI=1S/C44H62N2O8/c1-39(2)20-22-44(38(53)45-24-10-13-34(47)46-26-35(48)49)23-21-42(6)29(30(44)25-39)14-15-32-41(5)18-17-33(40(3,4)31(41)16-19-43(32,42)7)54-37(52)28-12-9-8-11-27(28)36(50)51/h8-9,11-12,14,30-33H,10,13,15-26H2,1-7H3,(H,45,53)(H,46,47)(H,48,49)(H,50,51)/t30?,31?,32?,33-,41-,42+,43+,44-/m0/s1. The van der Waals surface area contributed by atoms with Crippen LogP contribution in [-0.2, 0) is 19.1 Å². The van der Waals surface area contributed by atoms with Crippen LogP contribution in [0.1, 0.15) is 146 Å². The van der Waals surface area contributed by atoms with Crippen LogP contribution in [-0.4, -0.2) is 59.1 Å². The van der Waals surface area contributed by atoms with Crippen molar-refractivity contribution in [2.75, 3.05) is 13.1 Å². The summed E-state index contributed by atoms with van der Waals surface area (Å²) in [6.45, 7) is 16.6. The molecule has 8 atom stereocenters. The topological polar surface area (TPSA) is 159 Å². The number of hydrogen-bond acceptors (Lipinski definition) is 6. The summed E-state index contributed by atoms with van der Waals surface area (Å²) in [6, 6.07) is 6.28. The molecule has 0 heterocycles. The summed E-state index contributed by atoms with van der Waals surface area (Å²) >= 11 is 0. The molecule has 5 aliphatic rings. The van der Waals surface area contributed by atoms with Gasteiger partial charge in [0.05, 0.1) is 16.5 Å². The number of carbonyl (C=O) groups excluding carboxylic acids is 3. The third-order valence-electron chi connectivity index (χ3n) is 16.0. The Labute approximate surface area is 320 Å². The van der Waals surface area contributed by atoms with Gasteiger partial charge in [0.15, 0.2) is 0 Å². The lowest BCUT2D eigenvalue weighted by Gasteiger charge is -2.71. The van der Waals surface area contributed by atoms with Gasteiger partial charge >= 0.3 is 17.9 Å². The number of rotatable bonds is 10. The minimum Gasteiger partial charge on any atom is -0.480 e. The quantitative estimate of drug-likeness (QED) is 0.107. The van der Waals surface area contributed by atoms with Crippen molar-refractivity contribution in [1.82, 2.24) is 10.6 Å². The highest BCUT2D eigenvalue weighted by Gasteiger charge is 2.69. The number of ether oxygens (including phenoxy) is 1. The summed E-state index contributed by atoms with van der Waals surface area (Å²) in [5.74, 6) is -2.14. The lowest BCUT2D eigenvalue weighted by Crippen LogP contribution is -2.65. The van der Waals surface area contributed by atoms with Gasteiger partial charge < -0.3 is 25.6 Å². The maximum Gasteiger partial charge on any atom is 0.339 e. The van der Waals surface area contributed by atoms with E-state index in [1.54, 1.807) is 12.1 Å². The van der Waals surface area contributed by atoms with Crippen molar-refractivity contribution in [3.05, 3.63) is 47.0 Å².